The summed E-state index contributed by atoms with van der Waals surface area (Å²) in [4.78, 5) is 25.2. The maximum Gasteiger partial charge on any atom is 0.338 e. The normalized spacial score (nSPS) is 11.9. The third kappa shape index (κ3) is 5.75. The van der Waals surface area contributed by atoms with E-state index in [-0.39, 0.29) is 21.3 Å². The first kappa shape index (κ1) is 25.7. The van der Waals surface area contributed by atoms with Gasteiger partial charge in [-0.15, -0.1) is 0 Å². The van der Waals surface area contributed by atoms with E-state index in [1.807, 2.05) is 48.7 Å². The van der Waals surface area contributed by atoms with Crippen LogP contribution in [-0.4, -0.2) is 36.9 Å². The Bertz CT molecular complexity index is 1340. The summed E-state index contributed by atoms with van der Waals surface area (Å²) in [5, 5.41) is -0.0299. The number of rotatable bonds is 7. The molecular formula is C25H27ClN2O5S. The summed E-state index contributed by atoms with van der Waals surface area (Å²) >= 11 is 6.08. The molecule has 0 spiro atoms. The fraction of sp³-hybridized carbons (Fsp3) is 0.280. The van der Waals surface area contributed by atoms with Crippen molar-refractivity contribution < 1.29 is 22.7 Å². The van der Waals surface area contributed by atoms with Gasteiger partial charge in [0.1, 0.15) is 4.90 Å². The van der Waals surface area contributed by atoms with Crippen molar-refractivity contribution in [2.75, 3.05) is 6.61 Å². The second-order valence-electron chi connectivity index (χ2n) is 8.96. The summed E-state index contributed by atoms with van der Waals surface area (Å²) in [6.07, 6.45) is 0. The molecule has 1 aromatic heterocycles. The number of esters is 1. The minimum Gasteiger partial charge on any atom is -0.454 e. The predicted octanol–water partition coefficient (Wildman–Crippen LogP) is 4.86. The summed E-state index contributed by atoms with van der Waals surface area (Å²) < 4.78 is 35.0. The number of aryl methyl sites for hydroxylation is 1. The van der Waals surface area contributed by atoms with Gasteiger partial charge in [-0.3, -0.25) is 4.79 Å². The Kier molecular flexibility index (Phi) is 7.35. The Balaban J connectivity index is 1.78. The molecule has 0 aliphatic heterocycles. The van der Waals surface area contributed by atoms with Crippen LogP contribution >= 0.6 is 11.6 Å². The number of carbonyl (C=O) groups excluding carboxylic acids is 2. The zero-order valence-corrected chi connectivity index (χ0v) is 21.3. The summed E-state index contributed by atoms with van der Waals surface area (Å²) in [5.74, 6) is -1.19. The predicted molar refractivity (Wildman–Crippen MR) is 131 cm³/mol. The van der Waals surface area contributed by atoms with Crippen LogP contribution in [0.25, 0.3) is 5.69 Å². The molecule has 0 bridgehead atoms. The Morgan fingerprint density at radius 3 is 2.29 bits per heavy atom. The number of carbonyl (C=O) groups is 2. The van der Waals surface area contributed by atoms with Gasteiger partial charge in [-0.1, -0.05) is 29.8 Å². The van der Waals surface area contributed by atoms with Crippen LogP contribution < -0.4 is 4.72 Å². The fourth-order valence-corrected chi connectivity index (χ4v) is 5.55. The topological polar surface area (TPSA) is 94.5 Å². The average molecular weight is 503 g/mol. The lowest BCUT2D eigenvalue weighted by Crippen LogP contribution is -2.40. The van der Waals surface area contributed by atoms with E-state index in [4.69, 9.17) is 16.3 Å². The molecule has 0 aliphatic carbocycles. The van der Waals surface area contributed by atoms with Crippen molar-refractivity contribution in [3.05, 3.63) is 82.1 Å². The molecule has 0 unspecified atom stereocenters. The Hall–Kier alpha value is -2.94. The summed E-state index contributed by atoms with van der Waals surface area (Å²) in [5.41, 5.74) is 2.21. The molecule has 0 amide bonds. The van der Waals surface area contributed by atoms with Gasteiger partial charge in [-0.05, 0) is 71.0 Å². The maximum absolute atomic E-state index is 12.8. The first-order chi connectivity index (χ1) is 15.8. The number of hydrogen-bond acceptors (Lipinski definition) is 5. The van der Waals surface area contributed by atoms with Gasteiger partial charge < -0.3 is 9.30 Å². The van der Waals surface area contributed by atoms with Crippen molar-refractivity contribution >= 4 is 33.4 Å². The zero-order valence-electron chi connectivity index (χ0n) is 19.7. The molecule has 180 valence electrons. The number of sulfonamides is 1. The van der Waals surface area contributed by atoms with Gasteiger partial charge in [-0.25, -0.2) is 17.9 Å². The van der Waals surface area contributed by atoms with Crippen LogP contribution in [0.2, 0.25) is 5.02 Å². The molecule has 2 aromatic carbocycles. The van der Waals surface area contributed by atoms with Gasteiger partial charge in [-0.2, -0.15) is 0 Å². The van der Waals surface area contributed by atoms with Crippen molar-refractivity contribution in [3.63, 3.8) is 0 Å². The lowest BCUT2D eigenvalue weighted by atomic mass is 10.1. The third-order valence-electron chi connectivity index (χ3n) is 4.98. The van der Waals surface area contributed by atoms with Crippen LogP contribution in [-0.2, 0) is 14.8 Å². The van der Waals surface area contributed by atoms with E-state index in [0.717, 1.165) is 23.1 Å². The highest BCUT2D eigenvalue weighted by Gasteiger charge is 2.26. The van der Waals surface area contributed by atoms with E-state index in [1.165, 1.54) is 12.1 Å². The van der Waals surface area contributed by atoms with Crippen LogP contribution in [0, 0.1) is 13.8 Å². The lowest BCUT2D eigenvalue weighted by molar-refractivity contribution is 0.0474. The molecule has 34 heavy (non-hydrogen) atoms. The summed E-state index contributed by atoms with van der Waals surface area (Å²) in [7, 11) is -3.97. The Morgan fingerprint density at radius 1 is 1.03 bits per heavy atom. The van der Waals surface area contributed by atoms with E-state index in [9.17, 15) is 18.0 Å². The van der Waals surface area contributed by atoms with Gasteiger partial charge in [0.15, 0.2) is 6.61 Å². The smallest absolute Gasteiger partial charge is 0.338 e. The maximum atomic E-state index is 12.8. The standard InChI is InChI=1S/C25H27ClN2O5S/c1-16-13-20(17(2)28(16)19-9-7-6-8-10-19)22(29)15-33-24(30)18-11-12-21(26)23(14-18)34(31,32)27-25(3,4)5/h6-14,27H,15H2,1-5H3. The Labute approximate surface area is 204 Å². The van der Waals surface area contributed by atoms with Gasteiger partial charge >= 0.3 is 5.97 Å². The van der Waals surface area contributed by atoms with E-state index in [1.54, 1.807) is 26.8 Å². The number of nitrogens with one attached hydrogen (secondary N) is 1. The molecule has 9 heteroatoms. The van der Waals surface area contributed by atoms with Crippen LogP contribution in [0.5, 0.6) is 0 Å². The second kappa shape index (κ2) is 9.74. The highest BCUT2D eigenvalue weighted by Crippen LogP contribution is 2.25. The summed E-state index contributed by atoms with van der Waals surface area (Å²) in [6.45, 7) is 8.31. The monoisotopic (exact) mass is 502 g/mol. The van der Waals surface area contributed by atoms with E-state index in [2.05, 4.69) is 4.72 Å². The van der Waals surface area contributed by atoms with Crippen molar-refractivity contribution in [3.8, 4) is 5.69 Å². The Morgan fingerprint density at radius 2 is 1.68 bits per heavy atom. The number of Topliss-reactive ketones (excluding diaryl/α,β-unsaturated/α-hetero) is 1. The third-order valence-corrected chi connectivity index (χ3v) is 7.22. The van der Waals surface area contributed by atoms with Gasteiger partial charge in [0.25, 0.3) is 0 Å². The molecule has 0 atom stereocenters. The largest absolute Gasteiger partial charge is 0.454 e. The number of para-hydroxylation sites is 1. The first-order valence-electron chi connectivity index (χ1n) is 10.6. The second-order valence-corrected chi connectivity index (χ2v) is 11.0. The zero-order chi connectivity index (χ0) is 25.3. The molecule has 0 radical (unpaired) electrons. The van der Waals surface area contributed by atoms with Gasteiger partial charge in [0.05, 0.1) is 10.6 Å². The van der Waals surface area contributed by atoms with E-state index >= 15 is 0 Å². The van der Waals surface area contributed by atoms with Gasteiger partial charge in [0, 0.05) is 28.2 Å². The summed E-state index contributed by atoms with van der Waals surface area (Å²) in [6, 6.07) is 15.2. The quantitative estimate of drug-likeness (QED) is 0.367. The van der Waals surface area contributed by atoms with Crippen molar-refractivity contribution in [1.29, 1.82) is 0 Å². The molecule has 0 fully saturated rings. The van der Waals surface area contributed by atoms with Crippen LogP contribution in [0.4, 0.5) is 0 Å². The van der Waals surface area contributed by atoms with E-state index < -0.39 is 28.1 Å². The average Bonchev–Trinajstić information content (AvgIpc) is 3.04. The molecular weight excluding hydrogens is 476 g/mol. The lowest BCUT2D eigenvalue weighted by Gasteiger charge is -2.21. The molecule has 0 aliphatic rings. The fourth-order valence-electron chi connectivity index (χ4n) is 3.61. The number of nitrogens with zero attached hydrogens (tertiary/aromatic N) is 1. The van der Waals surface area contributed by atoms with Gasteiger partial charge in [0.2, 0.25) is 15.8 Å². The molecule has 1 heterocycles. The molecule has 7 nitrogen and oxygen atoms in total. The number of hydrogen-bond donors (Lipinski definition) is 1. The highest BCUT2D eigenvalue weighted by atomic mass is 35.5. The van der Waals surface area contributed by atoms with Crippen molar-refractivity contribution in [2.45, 2.75) is 45.1 Å². The number of ether oxygens (including phenoxy) is 1. The van der Waals surface area contributed by atoms with Crippen LogP contribution in [0.15, 0.2) is 59.5 Å². The number of benzene rings is 2. The van der Waals surface area contributed by atoms with Crippen molar-refractivity contribution in [1.82, 2.24) is 9.29 Å². The number of aromatic nitrogens is 1. The highest BCUT2D eigenvalue weighted by molar-refractivity contribution is 7.89. The minimum atomic E-state index is -3.97. The van der Waals surface area contributed by atoms with Crippen molar-refractivity contribution in [2.24, 2.45) is 0 Å². The first-order valence-corrected chi connectivity index (χ1v) is 12.4. The SMILES string of the molecule is Cc1cc(C(=O)COC(=O)c2ccc(Cl)c(S(=O)(=O)NC(C)(C)C)c2)c(C)n1-c1ccccc1. The number of ketones is 1. The number of halogens is 1. The molecule has 0 saturated carbocycles. The van der Waals surface area contributed by atoms with E-state index in [0.29, 0.717) is 5.56 Å². The van der Waals surface area contributed by atoms with Crippen LogP contribution in [0.3, 0.4) is 0 Å². The van der Waals surface area contributed by atoms with Crippen LogP contribution in [0.1, 0.15) is 52.9 Å². The molecule has 1 N–H and O–H groups in total. The molecule has 3 aromatic rings. The minimum absolute atomic E-state index is 0.0266. The molecule has 3 rings (SSSR count). The molecule has 0 saturated heterocycles.